The Morgan fingerprint density at radius 2 is 1.00 bits per heavy atom. The highest BCUT2D eigenvalue weighted by molar-refractivity contribution is 6.00. The second kappa shape index (κ2) is 48.8. The number of fused-ring (bicyclic) bond motifs is 1. The Bertz CT molecular complexity index is 3490. The van der Waals surface area contributed by atoms with E-state index in [0.717, 1.165) is 0 Å². The van der Waals surface area contributed by atoms with E-state index >= 15 is 0 Å². The summed E-state index contributed by atoms with van der Waals surface area (Å²) >= 11 is 0. The summed E-state index contributed by atoms with van der Waals surface area (Å²) in [7, 11) is 0. The predicted molar refractivity (Wildman–Crippen MR) is 395 cm³/mol. The standard InChI is InChI=1S/C68H110N24O15/c1-9-19-44(84-59(99)45(81-39(8)93)25-18-30-77-68(74)75)62(102)89-54(36(3)4)65(105)85-48(22-13-15-28-69)63(103)90-55(37(5)6)66(106)88-50(33-52(72)95)58(98)79-35-53(96)82-46(24-17-29-70)60(100)87-49(32-40-34-78-42-21-12-11-20-41(40)42)64(104)91-56(38(7)10-2)67(107)86-47(23-14-16-31-80-92-76)61(101)83-43(57(73)97)26-27-51(71)94/h1,11-12,20-21,34,36-38,43-50,54-56,78H,10,13-19,22-33,35,69-70H2,2-8H3,(H2,71,94)(H2,72,95)(H2,73,97)(H,79,98)(H,81,93)(H,82,96)(H,83,101)(H,84,99)(H,85,105)(H,86,107)(H,87,100)(H,88,106)(H,89,102)(H,90,103)(H,91,104)(H4,74,75,77)/t38-,43-,44-,45-,46-,47-,48-,49-,50-,54-,55-,56-/m0/s1. The summed E-state index contributed by atoms with van der Waals surface area (Å²) in [6.07, 6.45) is 7.03. The highest BCUT2D eigenvalue weighted by Gasteiger charge is 2.38. The minimum absolute atomic E-state index is 0.0218. The van der Waals surface area contributed by atoms with Crippen molar-refractivity contribution in [3.63, 3.8) is 0 Å². The molecule has 0 bridgehead atoms. The highest BCUT2D eigenvalue weighted by atomic mass is 16.2. The lowest BCUT2D eigenvalue weighted by Gasteiger charge is -2.29. The van der Waals surface area contributed by atoms with Gasteiger partial charge in [0.05, 0.1) is 13.0 Å². The lowest BCUT2D eigenvalue weighted by molar-refractivity contribution is -0.137. The molecule has 2 rings (SSSR count). The number of hydrogen-bond donors (Lipinski definition) is 20. The maximum Gasteiger partial charge on any atom is 0.244 e. The molecule has 0 fully saturated rings. The molecule has 0 unspecified atom stereocenters. The van der Waals surface area contributed by atoms with Crippen molar-refractivity contribution in [2.75, 3.05) is 32.7 Å². The van der Waals surface area contributed by atoms with Crippen LogP contribution in [-0.2, 0) is 78.3 Å². The molecule has 0 saturated carbocycles. The van der Waals surface area contributed by atoms with Crippen molar-refractivity contribution >= 4 is 105 Å². The SMILES string of the molecule is C#CC[C@H](NC(=O)[C@H](CCCN=C(N)N)NC(C)=O)C(=O)N[C@H](C(=O)N[C@@H](CCCCN)C(=O)N[C@H](C(=O)N[C@@H](CC(N)=O)C(=O)NCC(=O)N[C@@H](CCCN)C(=O)N[C@@H](Cc1c[nH]c2ccccc12)C(=O)N[C@H](C(=O)N[C@@H](CCCCN=[N+]=[N-])C(=O)N[C@@H](CCC(N)=O)C(N)=O)[C@@H](C)CC)C(C)C)C(C)C. The highest BCUT2D eigenvalue weighted by Crippen LogP contribution is 2.21. The number of para-hydroxylation sites is 1. The van der Waals surface area contributed by atoms with Crippen LogP contribution < -0.4 is 104 Å². The van der Waals surface area contributed by atoms with Gasteiger partial charge in [-0.15, -0.1) is 12.3 Å². The Kier molecular flexibility index (Phi) is 41.9. The van der Waals surface area contributed by atoms with Crippen molar-refractivity contribution in [2.24, 2.45) is 68.0 Å². The molecule has 27 N–H and O–H groups in total. The van der Waals surface area contributed by atoms with E-state index in [1.54, 1.807) is 72.0 Å². The van der Waals surface area contributed by atoms with Crippen molar-refractivity contribution in [3.05, 3.63) is 46.5 Å². The lowest BCUT2D eigenvalue weighted by Crippen LogP contribution is -2.61. The number of primary amides is 3. The fourth-order valence-electron chi connectivity index (χ4n) is 10.9. The van der Waals surface area contributed by atoms with E-state index in [9.17, 15) is 71.9 Å². The number of aromatic nitrogens is 1. The van der Waals surface area contributed by atoms with Crippen LogP contribution in [0.3, 0.4) is 0 Å². The van der Waals surface area contributed by atoms with E-state index in [4.69, 9.17) is 52.1 Å². The second-order valence-corrected chi connectivity index (χ2v) is 26.5. The molecule has 0 aliphatic rings. The summed E-state index contributed by atoms with van der Waals surface area (Å²) < 4.78 is 0. The van der Waals surface area contributed by atoms with Gasteiger partial charge >= 0.3 is 0 Å². The number of nitrogens with zero attached hydrogens (tertiary/aromatic N) is 4. The number of nitrogens with one attached hydrogen (secondary N) is 13. The number of guanidine groups is 1. The number of rotatable bonds is 52. The summed E-state index contributed by atoms with van der Waals surface area (Å²) in [6, 6.07) is -8.47. The molecular formula is C68H110N24O15. The number of amides is 15. The first-order valence-corrected chi connectivity index (χ1v) is 35.5. The van der Waals surface area contributed by atoms with Gasteiger partial charge in [0.15, 0.2) is 5.96 Å². The van der Waals surface area contributed by atoms with Crippen LogP contribution in [0.2, 0.25) is 0 Å². The second-order valence-electron chi connectivity index (χ2n) is 26.5. The van der Waals surface area contributed by atoms with Crippen LogP contribution in [0, 0.1) is 30.1 Å². The fourth-order valence-corrected chi connectivity index (χ4v) is 10.9. The maximum absolute atomic E-state index is 14.8. The van der Waals surface area contributed by atoms with Crippen molar-refractivity contribution in [2.45, 2.75) is 218 Å². The van der Waals surface area contributed by atoms with Gasteiger partial charge in [0.1, 0.15) is 66.5 Å². The topological polar surface area (TPSA) is 659 Å². The van der Waals surface area contributed by atoms with Crippen LogP contribution in [0.5, 0.6) is 0 Å². The summed E-state index contributed by atoms with van der Waals surface area (Å²) in [5, 5.41) is 34.9. The van der Waals surface area contributed by atoms with E-state index in [1.165, 1.54) is 6.92 Å². The zero-order valence-electron chi connectivity index (χ0n) is 61.9. The Morgan fingerprint density at radius 1 is 0.523 bits per heavy atom. The van der Waals surface area contributed by atoms with E-state index < -0.39 is 186 Å². The molecule has 0 spiro atoms. The van der Waals surface area contributed by atoms with Gasteiger partial charge in [0.2, 0.25) is 88.6 Å². The number of benzene rings is 1. The van der Waals surface area contributed by atoms with E-state index in [1.807, 2.05) is 0 Å². The summed E-state index contributed by atoms with van der Waals surface area (Å²) in [6.45, 7) is 10.4. The van der Waals surface area contributed by atoms with Crippen molar-refractivity contribution < 1.29 is 71.9 Å². The zero-order chi connectivity index (χ0) is 80.5. The number of nitrogens with two attached hydrogens (primary N) is 7. The fraction of sp³-hybridized carbons (Fsp3) is 0.618. The number of hydrogen-bond acceptors (Lipinski definition) is 19. The average molecular weight is 1500 g/mol. The number of terminal acetylenes is 1. The number of aliphatic imine (C=N–C) groups is 1. The summed E-state index contributed by atoms with van der Waals surface area (Å²) in [5.74, 6) is -13.3. The van der Waals surface area contributed by atoms with Crippen molar-refractivity contribution in [1.29, 1.82) is 0 Å². The van der Waals surface area contributed by atoms with Gasteiger partial charge in [-0.05, 0) is 112 Å². The van der Waals surface area contributed by atoms with Gasteiger partial charge in [0, 0.05) is 61.3 Å². The molecule has 12 atom stereocenters. The average Bonchev–Trinajstić information content (AvgIpc) is 1.77. The monoisotopic (exact) mass is 1500 g/mol. The third-order valence-corrected chi connectivity index (χ3v) is 17.0. The molecule has 2 aromatic rings. The van der Waals surface area contributed by atoms with Gasteiger partial charge < -0.3 is 109 Å². The zero-order valence-corrected chi connectivity index (χ0v) is 61.9. The smallest absolute Gasteiger partial charge is 0.244 e. The van der Waals surface area contributed by atoms with Gasteiger partial charge in [0.25, 0.3) is 0 Å². The maximum atomic E-state index is 14.8. The minimum Gasteiger partial charge on any atom is -0.370 e. The molecule has 0 aliphatic carbocycles. The Balaban J connectivity index is 2.44. The third-order valence-electron chi connectivity index (χ3n) is 17.0. The summed E-state index contributed by atoms with van der Waals surface area (Å²) in [4.78, 5) is 213. The van der Waals surface area contributed by atoms with Gasteiger partial charge in [-0.2, -0.15) is 0 Å². The molecule has 39 heteroatoms. The molecule has 0 radical (unpaired) electrons. The van der Waals surface area contributed by atoms with Gasteiger partial charge in [-0.3, -0.25) is 76.9 Å². The molecule has 107 heavy (non-hydrogen) atoms. The first-order chi connectivity index (χ1) is 50.6. The number of aromatic amines is 1. The molecular weight excluding hydrogens is 1390 g/mol. The van der Waals surface area contributed by atoms with Crippen LogP contribution >= 0.6 is 0 Å². The summed E-state index contributed by atoms with van der Waals surface area (Å²) in [5.41, 5.74) is 48.8. The van der Waals surface area contributed by atoms with Crippen LogP contribution in [-0.4, -0.2) is 199 Å². The van der Waals surface area contributed by atoms with Gasteiger partial charge in [-0.1, -0.05) is 77.7 Å². The van der Waals surface area contributed by atoms with Crippen molar-refractivity contribution in [1.82, 2.24) is 68.8 Å². The van der Waals surface area contributed by atoms with Crippen LogP contribution in [0.15, 0.2) is 40.6 Å². The Hall–Kier alpha value is -11.1. The van der Waals surface area contributed by atoms with Gasteiger partial charge in [-0.25, -0.2) is 0 Å². The first-order valence-electron chi connectivity index (χ1n) is 35.5. The van der Waals surface area contributed by atoms with E-state index in [-0.39, 0.29) is 116 Å². The number of carbonyl (C=O) groups excluding carboxylic acids is 15. The molecule has 1 aromatic heterocycles. The predicted octanol–water partition coefficient (Wildman–Crippen LogP) is -4.41. The first kappa shape index (κ1) is 92.0. The quantitative estimate of drug-likeness (QED) is 0.00565. The van der Waals surface area contributed by atoms with E-state index in [0.29, 0.717) is 29.3 Å². The van der Waals surface area contributed by atoms with Crippen LogP contribution in [0.1, 0.15) is 150 Å². The molecule has 39 nitrogen and oxygen atoms in total. The van der Waals surface area contributed by atoms with Crippen LogP contribution in [0.25, 0.3) is 21.3 Å². The molecule has 1 aromatic carbocycles. The third kappa shape index (κ3) is 34.1. The van der Waals surface area contributed by atoms with E-state index in [2.05, 4.69) is 89.7 Å². The molecule has 0 saturated heterocycles. The Labute approximate surface area is 621 Å². The molecule has 1 heterocycles. The normalized spacial score (nSPS) is 14.3. The molecule has 15 amide bonds. The number of unbranched alkanes of at least 4 members (excludes halogenated alkanes) is 2. The lowest BCUT2D eigenvalue weighted by atomic mass is 9.96. The molecule has 0 aliphatic heterocycles. The number of carbonyl (C=O) groups is 15. The molecule has 592 valence electrons. The van der Waals surface area contributed by atoms with Crippen LogP contribution in [0.4, 0.5) is 0 Å². The number of H-pyrrole nitrogens is 1. The minimum atomic E-state index is -1.77. The number of azide groups is 1. The Morgan fingerprint density at radius 3 is 1.52 bits per heavy atom. The largest absolute Gasteiger partial charge is 0.370 e. The van der Waals surface area contributed by atoms with Crippen molar-refractivity contribution in [3.8, 4) is 12.3 Å².